The number of hydrogen-bond donors (Lipinski definition) is 2. The zero-order chi connectivity index (χ0) is 13.8. The minimum atomic E-state index is 0.153. The van der Waals surface area contributed by atoms with Crippen molar-refractivity contribution in [3.63, 3.8) is 0 Å². The third kappa shape index (κ3) is 2.99. The average molecular weight is 266 g/mol. The number of amides is 1. The second-order valence-electron chi connectivity index (χ2n) is 5.19. The predicted octanol–water partition coefficient (Wildman–Crippen LogP) is 4.17. The van der Waals surface area contributed by atoms with E-state index < -0.39 is 0 Å². The number of carbonyl (C=O) groups is 1. The molecule has 0 unspecified atom stereocenters. The summed E-state index contributed by atoms with van der Waals surface area (Å²) < 4.78 is 0. The molecule has 20 heavy (non-hydrogen) atoms. The van der Waals surface area contributed by atoms with Crippen LogP contribution in [0.4, 0.5) is 17.1 Å². The summed E-state index contributed by atoms with van der Waals surface area (Å²) in [5, 5.41) is 6.29. The number of para-hydroxylation sites is 1. The first-order chi connectivity index (χ1) is 9.81. The molecule has 2 aromatic rings. The van der Waals surface area contributed by atoms with Gasteiger partial charge in [0.1, 0.15) is 0 Å². The van der Waals surface area contributed by atoms with Crippen molar-refractivity contribution in [2.75, 3.05) is 10.6 Å². The molecule has 1 aliphatic rings. The molecule has 0 bridgehead atoms. The van der Waals surface area contributed by atoms with Crippen molar-refractivity contribution in [2.24, 2.45) is 5.92 Å². The number of rotatable bonds is 4. The molecule has 102 valence electrons. The van der Waals surface area contributed by atoms with Gasteiger partial charge in [0.15, 0.2) is 0 Å². The first-order valence-corrected chi connectivity index (χ1v) is 7.04. The molecule has 0 aromatic heterocycles. The van der Waals surface area contributed by atoms with Gasteiger partial charge in [0.2, 0.25) is 5.91 Å². The van der Waals surface area contributed by atoms with Crippen LogP contribution in [0.25, 0.3) is 0 Å². The van der Waals surface area contributed by atoms with E-state index in [1.807, 2.05) is 54.6 Å². The van der Waals surface area contributed by atoms with Gasteiger partial charge in [-0.05, 0) is 49.2 Å². The van der Waals surface area contributed by atoms with Crippen LogP contribution in [0, 0.1) is 5.92 Å². The number of carbonyl (C=O) groups excluding carboxylic acids is 1. The Labute approximate surface area is 119 Å². The molecule has 0 saturated heterocycles. The SMILES string of the molecule is O=C(Nc1ccc(Nc2ccccc2)cc1)C1CCC1. The minimum absolute atomic E-state index is 0.153. The second-order valence-corrected chi connectivity index (χ2v) is 5.19. The van der Waals surface area contributed by atoms with Gasteiger partial charge in [-0.2, -0.15) is 0 Å². The first-order valence-electron chi connectivity index (χ1n) is 7.04. The number of hydrogen-bond acceptors (Lipinski definition) is 2. The van der Waals surface area contributed by atoms with E-state index in [9.17, 15) is 4.79 Å². The van der Waals surface area contributed by atoms with E-state index in [4.69, 9.17) is 0 Å². The molecule has 0 spiro atoms. The number of anilines is 3. The van der Waals surface area contributed by atoms with E-state index in [2.05, 4.69) is 10.6 Å². The Kier molecular flexibility index (Phi) is 3.68. The van der Waals surface area contributed by atoms with Crippen LogP contribution in [-0.2, 0) is 4.79 Å². The summed E-state index contributed by atoms with van der Waals surface area (Å²) in [7, 11) is 0. The van der Waals surface area contributed by atoms with Gasteiger partial charge in [-0.1, -0.05) is 24.6 Å². The fourth-order valence-electron chi connectivity index (χ4n) is 2.24. The molecule has 3 rings (SSSR count). The standard InChI is InChI=1S/C17H18N2O/c20-17(13-5-4-6-13)19-16-11-9-15(10-12-16)18-14-7-2-1-3-8-14/h1-3,7-13,18H,4-6H2,(H,19,20). The van der Waals surface area contributed by atoms with Crippen LogP contribution in [0.15, 0.2) is 54.6 Å². The summed E-state index contributed by atoms with van der Waals surface area (Å²) in [6.07, 6.45) is 3.23. The summed E-state index contributed by atoms with van der Waals surface area (Å²) in [5.74, 6) is 0.372. The zero-order valence-electron chi connectivity index (χ0n) is 11.3. The van der Waals surface area contributed by atoms with Crippen molar-refractivity contribution in [3.8, 4) is 0 Å². The van der Waals surface area contributed by atoms with Crippen molar-refractivity contribution >= 4 is 23.0 Å². The maximum Gasteiger partial charge on any atom is 0.227 e. The highest BCUT2D eigenvalue weighted by atomic mass is 16.1. The van der Waals surface area contributed by atoms with Crippen LogP contribution < -0.4 is 10.6 Å². The van der Waals surface area contributed by atoms with Crippen LogP contribution >= 0.6 is 0 Å². The minimum Gasteiger partial charge on any atom is -0.356 e. The van der Waals surface area contributed by atoms with E-state index in [0.29, 0.717) is 0 Å². The third-order valence-corrected chi connectivity index (χ3v) is 3.69. The summed E-state index contributed by atoms with van der Waals surface area (Å²) in [6, 6.07) is 17.8. The number of benzene rings is 2. The molecule has 0 atom stereocenters. The predicted molar refractivity (Wildman–Crippen MR) is 82.1 cm³/mol. The highest BCUT2D eigenvalue weighted by Gasteiger charge is 2.24. The van der Waals surface area contributed by atoms with E-state index in [1.165, 1.54) is 6.42 Å². The van der Waals surface area contributed by atoms with Gasteiger partial charge >= 0.3 is 0 Å². The highest BCUT2D eigenvalue weighted by molar-refractivity contribution is 5.93. The molecule has 1 aliphatic carbocycles. The molecule has 3 nitrogen and oxygen atoms in total. The normalized spacial score (nSPS) is 14.4. The van der Waals surface area contributed by atoms with Crippen molar-refractivity contribution in [1.82, 2.24) is 0 Å². The molecule has 1 amide bonds. The van der Waals surface area contributed by atoms with Crippen LogP contribution in [0.2, 0.25) is 0 Å². The topological polar surface area (TPSA) is 41.1 Å². The van der Waals surface area contributed by atoms with E-state index in [1.54, 1.807) is 0 Å². The quantitative estimate of drug-likeness (QED) is 0.872. The summed E-state index contributed by atoms with van der Waals surface area (Å²) >= 11 is 0. The van der Waals surface area contributed by atoms with Crippen molar-refractivity contribution in [1.29, 1.82) is 0 Å². The van der Waals surface area contributed by atoms with Gasteiger partial charge in [-0.25, -0.2) is 0 Å². The largest absolute Gasteiger partial charge is 0.356 e. The fraction of sp³-hybridized carbons (Fsp3) is 0.235. The molecule has 0 aliphatic heterocycles. The fourth-order valence-corrected chi connectivity index (χ4v) is 2.24. The maximum atomic E-state index is 11.8. The smallest absolute Gasteiger partial charge is 0.227 e. The molecule has 0 radical (unpaired) electrons. The van der Waals surface area contributed by atoms with E-state index >= 15 is 0 Å². The maximum absolute atomic E-state index is 11.8. The second kappa shape index (κ2) is 5.78. The summed E-state index contributed by atoms with van der Waals surface area (Å²) in [4.78, 5) is 11.8. The van der Waals surface area contributed by atoms with Gasteiger partial charge in [0, 0.05) is 23.0 Å². The average Bonchev–Trinajstić information content (AvgIpc) is 2.40. The van der Waals surface area contributed by atoms with Crippen molar-refractivity contribution in [2.45, 2.75) is 19.3 Å². The van der Waals surface area contributed by atoms with E-state index in [0.717, 1.165) is 29.9 Å². The Bertz CT molecular complexity index is 574. The van der Waals surface area contributed by atoms with Gasteiger partial charge in [-0.3, -0.25) is 4.79 Å². The lowest BCUT2D eigenvalue weighted by Crippen LogP contribution is -2.27. The first kappa shape index (κ1) is 12.7. The van der Waals surface area contributed by atoms with Crippen molar-refractivity contribution in [3.05, 3.63) is 54.6 Å². The Morgan fingerprint density at radius 2 is 1.45 bits per heavy atom. The molecule has 2 N–H and O–H groups in total. The summed E-state index contributed by atoms with van der Waals surface area (Å²) in [6.45, 7) is 0. The Morgan fingerprint density at radius 1 is 0.850 bits per heavy atom. The lowest BCUT2D eigenvalue weighted by Gasteiger charge is -2.24. The van der Waals surface area contributed by atoms with Gasteiger partial charge in [0.05, 0.1) is 0 Å². The molecule has 1 fully saturated rings. The van der Waals surface area contributed by atoms with Gasteiger partial charge < -0.3 is 10.6 Å². The molecular weight excluding hydrogens is 248 g/mol. The molecular formula is C17H18N2O. The van der Waals surface area contributed by atoms with Crippen molar-refractivity contribution < 1.29 is 4.79 Å². The van der Waals surface area contributed by atoms with Crippen LogP contribution in [0.5, 0.6) is 0 Å². The van der Waals surface area contributed by atoms with E-state index in [-0.39, 0.29) is 11.8 Å². The van der Waals surface area contributed by atoms with Crippen LogP contribution in [-0.4, -0.2) is 5.91 Å². The Morgan fingerprint density at radius 3 is 2.05 bits per heavy atom. The highest BCUT2D eigenvalue weighted by Crippen LogP contribution is 2.28. The number of nitrogens with one attached hydrogen (secondary N) is 2. The van der Waals surface area contributed by atoms with Gasteiger partial charge in [-0.15, -0.1) is 0 Å². The molecule has 2 aromatic carbocycles. The lowest BCUT2D eigenvalue weighted by molar-refractivity contribution is -0.122. The Balaban J connectivity index is 1.61. The lowest BCUT2D eigenvalue weighted by atomic mass is 9.85. The zero-order valence-corrected chi connectivity index (χ0v) is 11.3. The monoisotopic (exact) mass is 266 g/mol. The Hall–Kier alpha value is -2.29. The third-order valence-electron chi connectivity index (χ3n) is 3.69. The molecule has 0 heterocycles. The molecule has 1 saturated carbocycles. The van der Waals surface area contributed by atoms with Gasteiger partial charge in [0.25, 0.3) is 0 Å². The molecule has 3 heteroatoms. The summed E-state index contributed by atoms with van der Waals surface area (Å²) in [5.41, 5.74) is 2.93. The van der Waals surface area contributed by atoms with Crippen LogP contribution in [0.1, 0.15) is 19.3 Å². The van der Waals surface area contributed by atoms with Crippen LogP contribution in [0.3, 0.4) is 0 Å².